The van der Waals surface area contributed by atoms with Crippen LogP contribution in [0.25, 0.3) is 0 Å². The van der Waals surface area contributed by atoms with Gasteiger partial charge in [-0.25, -0.2) is 4.98 Å². The van der Waals surface area contributed by atoms with Crippen molar-refractivity contribution in [1.82, 2.24) is 25.4 Å². The average molecular weight is 333 g/mol. The van der Waals surface area contributed by atoms with E-state index in [1.165, 1.54) is 0 Å². The highest BCUT2D eigenvalue weighted by Crippen LogP contribution is 2.37. The van der Waals surface area contributed by atoms with E-state index in [2.05, 4.69) is 48.2 Å². The van der Waals surface area contributed by atoms with Gasteiger partial charge in [0.25, 0.3) is 0 Å². The van der Waals surface area contributed by atoms with Crippen LogP contribution in [0.2, 0.25) is 0 Å². The van der Waals surface area contributed by atoms with Crippen LogP contribution in [0.15, 0.2) is 0 Å². The summed E-state index contributed by atoms with van der Waals surface area (Å²) < 4.78 is 0. The highest BCUT2D eigenvalue weighted by molar-refractivity contribution is 5.77. The highest BCUT2D eigenvalue weighted by Gasteiger charge is 2.40. The van der Waals surface area contributed by atoms with Crippen molar-refractivity contribution >= 4 is 5.91 Å². The fourth-order valence-electron chi connectivity index (χ4n) is 4.88. The van der Waals surface area contributed by atoms with Crippen LogP contribution in [0.3, 0.4) is 0 Å². The predicted molar refractivity (Wildman–Crippen MR) is 93.4 cm³/mol. The van der Waals surface area contributed by atoms with Gasteiger partial charge in [0.2, 0.25) is 5.91 Å². The van der Waals surface area contributed by atoms with E-state index in [0.29, 0.717) is 12.3 Å². The maximum atomic E-state index is 13.0. The van der Waals surface area contributed by atoms with Crippen LogP contribution in [0.5, 0.6) is 0 Å². The minimum absolute atomic E-state index is 0.0465. The summed E-state index contributed by atoms with van der Waals surface area (Å²) in [7, 11) is 0. The third kappa shape index (κ3) is 3.79. The van der Waals surface area contributed by atoms with Gasteiger partial charge in [-0.15, -0.1) is 0 Å². The first-order chi connectivity index (χ1) is 11.2. The second-order valence-electron chi connectivity index (χ2n) is 8.90. The lowest BCUT2D eigenvalue weighted by Gasteiger charge is -2.46. The van der Waals surface area contributed by atoms with Crippen molar-refractivity contribution in [2.75, 3.05) is 6.54 Å². The van der Waals surface area contributed by atoms with Gasteiger partial charge in [-0.1, -0.05) is 0 Å². The first kappa shape index (κ1) is 17.4. The molecule has 0 aromatic carbocycles. The molecule has 0 spiro atoms. The average Bonchev–Trinajstić information content (AvgIpc) is 3.02. The number of carbonyl (C=O) groups excluding carboxylic acids is 1. The van der Waals surface area contributed by atoms with Crippen molar-refractivity contribution in [3.05, 3.63) is 11.6 Å². The van der Waals surface area contributed by atoms with Crippen molar-refractivity contribution in [1.29, 1.82) is 0 Å². The quantitative estimate of drug-likeness (QED) is 0.892. The number of aromatic nitrogens is 3. The van der Waals surface area contributed by atoms with E-state index in [0.717, 1.165) is 43.9 Å². The van der Waals surface area contributed by atoms with E-state index in [1.54, 1.807) is 0 Å². The van der Waals surface area contributed by atoms with Crippen molar-refractivity contribution in [2.24, 2.45) is 5.92 Å². The van der Waals surface area contributed by atoms with E-state index < -0.39 is 0 Å². The Hall–Kier alpha value is -1.43. The second kappa shape index (κ2) is 6.14. The largest absolute Gasteiger partial charge is 0.332 e. The van der Waals surface area contributed by atoms with Crippen LogP contribution in [-0.2, 0) is 4.79 Å². The van der Waals surface area contributed by atoms with E-state index in [1.807, 2.05) is 11.8 Å². The number of hydrogen-bond acceptors (Lipinski definition) is 4. The number of rotatable bonds is 3. The standard InChI is InChI=1S/C18H31N5O/c1-12-19-16(21-20-12)14-7-6-8-23(14)15(24)9-13-10-17(2,3)22-18(4,5)11-13/h13-14,22H,6-11H2,1-5H3,(H,19,20,21)/t14-/m1/s1. The van der Waals surface area contributed by atoms with Gasteiger partial charge in [-0.3, -0.25) is 9.89 Å². The lowest BCUT2D eigenvalue weighted by Crippen LogP contribution is -2.58. The smallest absolute Gasteiger partial charge is 0.223 e. The number of nitrogens with one attached hydrogen (secondary N) is 2. The van der Waals surface area contributed by atoms with Crippen LogP contribution < -0.4 is 5.32 Å². The fraction of sp³-hybridized carbons (Fsp3) is 0.833. The number of hydrogen-bond donors (Lipinski definition) is 2. The first-order valence-corrected chi connectivity index (χ1v) is 9.13. The number of aromatic amines is 1. The summed E-state index contributed by atoms with van der Waals surface area (Å²) in [6, 6.07) is 0.0465. The lowest BCUT2D eigenvalue weighted by molar-refractivity contribution is -0.134. The number of amides is 1. The Bertz CT molecular complexity index is 590. The molecular weight excluding hydrogens is 302 g/mol. The number of nitrogens with zero attached hydrogens (tertiary/aromatic N) is 3. The summed E-state index contributed by atoms with van der Waals surface area (Å²) in [6.07, 6.45) is 4.72. The molecule has 3 rings (SSSR count). The number of carbonyl (C=O) groups is 1. The van der Waals surface area contributed by atoms with Gasteiger partial charge in [0.05, 0.1) is 6.04 Å². The number of piperidine rings is 1. The van der Waals surface area contributed by atoms with Crippen LogP contribution in [0, 0.1) is 12.8 Å². The van der Waals surface area contributed by atoms with Crippen LogP contribution in [0.1, 0.15) is 77.5 Å². The van der Waals surface area contributed by atoms with Gasteiger partial charge in [0.1, 0.15) is 5.82 Å². The fourth-order valence-corrected chi connectivity index (χ4v) is 4.88. The first-order valence-electron chi connectivity index (χ1n) is 9.13. The summed E-state index contributed by atoms with van der Waals surface area (Å²) in [5, 5.41) is 10.9. The molecule has 2 saturated heterocycles. The Labute approximate surface area is 144 Å². The van der Waals surface area contributed by atoms with E-state index in [9.17, 15) is 4.79 Å². The Balaban J connectivity index is 1.68. The van der Waals surface area contributed by atoms with Gasteiger partial charge >= 0.3 is 0 Å². The SMILES string of the molecule is Cc1nc([C@H]2CCCN2C(=O)CC2CC(C)(C)NC(C)(C)C2)n[nH]1. The molecule has 134 valence electrons. The summed E-state index contributed by atoms with van der Waals surface area (Å²) in [5.74, 6) is 2.27. The molecule has 1 aromatic heterocycles. The molecule has 3 heterocycles. The Kier molecular flexibility index (Phi) is 4.45. The highest BCUT2D eigenvalue weighted by atomic mass is 16.2. The monoisotopic (exact) mass is 333 g/mol. The molecule has 0 radical (unpaired) electrons. The van der Waals surface area contributed by atoms with E-state index >= 15 is 0 Å². The molecule has 2 N–H and O–H groups in total. The van der Waals surface area contributed by atoms with E-state index in [4.69, 9.17) is 0 Å². The summed E-state index contributed by atoms with van der Waals surface area (Å²) in [6.45, 7) is 11.7. The Morgan fingerprint density at radius 2 is 1.92 bits per heavy atom. The van der Waals surface area contributed by atoms with Gasteiger partial charge in [0.15, 0.2) is 5.82 Å². The van der Waals surface area contributed by atoms with Crippen molar-refractivity contribution < 1.29 is 4.79 Å². The number of likely N-dealkylation sites (tertiary alicyclic amines) is 1. The zero-order valence-electron chi connectivity index (χ0n) is 15.6. The zero-order valence-corrected chi connectivity index (χ0v) is 15.6. The normalized spacial score (nSPS) is 26.7. The summed E-state index contributed by atoms with van der Waals surface area (Å²) >= 11 is 0. The topological polar surface area (TPSA) is 73.9 Å². The van der Waals surface area contributed by atoms with Crippen LogP contribution in [0.4, 0.5) is 0 Å². The Morgan fingerprint density at radius 1 is 1.25 bits per heavy atom. The molecule has 2 aliphatic heterocycles. The van der Waals surface area contributed by atoms with Gasteiger partial charge < -0.3 is 10.2 Å². The number of aryl methyl sites for hydroxylation is 1. The molecule has 0 unspecified atom stereocenters. The van der Waals surface area contributed by atoms with Crippen LogP contribution in [-0.4, -0.2) is 43.6 Å². The Morgan fingerprint density at radius 3 is 2.50 bits per heavy atom. The third-order valence-electron chi connectivity index (χ3n) is 5.22. The zero-order chi connectivity index (χ0) is 17.5. The van der Waals surface area contributed by atoms with Gasteiger partial charge in [-0.05, 0) is 66.2 Å². The molecule has 0 saturated carbocycles. The molecule has 24 heavy (non-hydrogen) atoms. The molecule has 6 heteroatoms. The lowest BCUT2D eigenvalue weighted by atomic mass is 9.74. The molecular formula is C18H31N5O. The van der Waals surface area contributed by atoms with Crippen molar-refractivity contribution in [3.8, 4) is 0 Å². The van der Waals surface area contributed by atoms with Gasteiger partial charge in [0, 0.05) is 24.0 Å². The van der Waals surface area contributed by atoms with Crippen molar-refractivity contribution in [3.63, 3.8) is 0 Å². The molecule has 2 fully saturated rings. The predicted octanol–water partition coefficient (Wildman–Crippen LogP) is 2.72. The maximum Gasteiger partial charge on any atom is 0.223 e. The minimum Gasteiger partial charge on any atom is -0.332 e. The molecule has 1 atom stereocenters. The molecule has 6 nitrogen and oxygen atoms in total. The van der Waals surface area contributed by atoms with Crippen LogP contribution >= 0.6 is 0 Å². The maximum absolute atomic E-state index is 13.0. The third-order valence-corrected chi connectivity index (χ3v) is 5.22. The molecule has 0 bridgehead atoms. The number of H-pyrrole nitrogens is 1. The van der Waals surface area contributed by atoms with E-state index in [-0.39, 0.29) is 23.0 Å². The second-order valence-corrected chi connectivity index (χ2v) is 8.90. The summed E-state index contributed by atoms with van der Waals surface area (Å²) in [4.78, 5) is 19.4. The molecule has 2 aliphatic rings. The van der Waals surface area contributed by atoms with Crippen molar-refractivity contribution in [2.45, 2.75) is 83.8 Å². The summed E-state index contributed by atoms with van der Waals surface area (Å²) in [5.41, 5.74) is 0.163. The molecule has 0 aliphatic carbocycles. The molecule has 1 aromatic rings. The van der Waals surface area contributed by atoms with Gasteiger partial charge in [-0.2, -0.15) is 5.10 Å². The minimum atomic E-state index is 0.0465. The molecule has 1 amide bonds.